The summed E-state index contributed by atoms with van der Waals surface area (Å²) in [6.45, 7) is 2.61. The van der Waals surface area contributed by atoms with Gasteiger partial charge in [-0.3, -0.25) is 4.98 Å². The molecule has 4 nitrogen and oxygen atoms in total. The van der Waals surface area contributed by atoms with Gasteiger partial charge in [0.1, 0.15) is 11.0 Å². The van der Waals surface area contributed by atoms with Crippen LogP contribution in [0.1, 0.15) is 6.92 Å². The fraction of sp³-hybridized carbons (Fsp3) is 0.500. The first-order valence-corrected chi connectivity index (χ1v) is 4.33. The molecule has 0 aromatic carbocycles. The molecular weight excluding hydrogens is 190 g/mol. The maximum absolute atomic E-state index is 5.66. The van der Waals surface area contributed by atoms with Gasteiger partial charge in [-0.25, -0.2) is 4.98 Å². The second kappa shape index (κ2) is 4.99. The third-order valence-electron chi connectivity index (χ3n) is 1.42. The Morgan fingerprint density at radius 2 is 2.38 bits per heavy atom. The van der Waals surface area contributed by atoms with Crippen LogP contribution in [0.15, 0.2) is 12.4 Å². The maximum Gasteiger partial charge on any atom is 0.149 e. The highest BCUT2D eigenvalue weighted by Gasteiger charge is 2.02. The zero-order chi connectivity index (χ0) is 9.68. The molecule has 0 saturated carbocycles. The monoisotopic (exact) mass is 201 g/mol. The molecule has 0 radical (unpaired) electrons. The molecular formula is C8H12ClN3O. The summed E-state index contributed by atoms with van der Waals surface area (Å²) in [4.78, 5) is 7.93. The van der Waals surface area contributed by atoms with Gasteiger partial charge in [0, 0.05) is 13.2 Å². The fourth-order valence-corrected chi connectivity index (χ4v) is 1.10. The molecule has 0 bridgehead atoms. The van der Waals surface area contributed by atoms with Crippen molar-refractivity contribution in [2.24, 2.45) is 0 Å². The number of aromatic nitrogens is 2. The van der Waals surface area contributed by atoms with Crippen LogP contribution in [0.4, 0.5) is 5.82 Å². The van der Waals surface area contributed by atoms with Crippen LogP contribution < -0.4 is 5.32 Å². The maximum atomic E-state index is 5.66. The van der Waals surface area contributed by atoms with E-state index in [4.69, 9.17) is 16.3 Å². The van der Waals surface area contributed by atoms with Crippen molar-refractivity contribution < 1.29 is 4.74 Å². The van der Waals surface area contributed by atoms with Crippen molar-refractivity contribution >= 4 is 17.4 Å². The van der Waals surface area contributed by atoms with Gasteiger partial charge in [0.25, 0.3) is 0 Å². The van der Waals surface area contributed by atoms with Crippen LogP contribution in [0, 0.1) is 0 Å². The van der Waals surface area contributed by atoms with Crippen molar-refractivity contribution in [2.75, 3.05) is 19.0 Å². The number of nitrogens with zero attached hydrogens (tertiary/aromatic N) is 2. The lowest BCUT2D eigenvalue weighted by molar-refractivity contribution is 0.190. The molecule has 1 aromatic rings. The van der Waals surface area contributed by atoms with Crippen molar-refractivity contribution in [1.29, 1.82) is 0 Å². The van der Waals surface area contributed by atoms with Gasteiger partial charge in [0.15, 0.2) is 0 Å². The third kappa shape index (κ3) is 3.57. The number of anilines is 1. The molecule has 0 aliphatic heterocycles. The number of halogens is 1. The van der Waals surface area contributed by atoms with Gasteiger partial charge in [0.2, 0.25) is 0 Å². The summed E-state index contributed by atoms with van der Waals surface area (Å²) in [6, 6.07) is 0.192. The summed E-state index contributed by atoms with van der Waals surface area (Å²) in [5.74, 6) is 0.664. The minimum Gasteiger partial charge on any atom is -0.383 e. The Labute approximate surface area is 82.3 Å². The number of ether oxygens (including phenoxy) is 1. The average molecular weight is 202 g/mol. The molecule has 0 fully saturated rings. The largest absolute Gasteiger partial charge is 0.383 e. The average Bonchev–Trinajstić information content (AvgIpc) is 2.04. The highest BCUT2D eigenvalue weighted by Crippen LogP contribution is 2.07. The van der Waals surface area contributed by atoms with E-state index in [0.29, 0.717) is 17.6 Å². The minimum absolute atomic E-state index is 0.192. The highest BCUT2D eigenvalue weighted by molar-refractivity contribution is 6.29. The summed E-state index contributed by atoms with van der Waals surface area (Å²) >= 11 is 5.66. The van der Waals surface area contributed by atoms with Gasteiger partial charge in [-0.15, -0.1) is 0 Å². The number of nitrogens with one attached hydrogen (secondary N) is 1. The fourth-order valence-electron chi connectivity index (χ4n) is 0.956. The molecule has 0 aliphatic carbocycles. The summed E-state index contributed by atoms with van der Waals surface area (Å²) in [5, 5.41) is 3.48. The van der Waals surface area contributed by atoms with Crippen LogP contribution in [-0.4, -0.2) is 29.7 Å². The predicted molar refractivity (Wildman–Crippen MR) is 52.0 cm³/mol. The van der Waals surface area contributed by atoms with Gasteiger partial charge in [-0.2, -0.15) is 0 Å². The first-order valence-electron chi connectivity index (χ1n) is 3.95. The lowest BCUT2D eigenvalue weighted by Crippen LogP contribution is -2.21. The Hall–Kier alpha value is -0.870. The predicted octanol–water partition coefficient (Wildman–Crippen LogP) is 1.58. The van der Waals surface area contributed by atoms with Gasteiger partial charge in [-0.05, 0) is 6.92 Å². The standard InChI is InChI=1S/C8H12ClN3O/c1-6(5-13-2)11-8-4-10-3-7(9)12-8/h3-4,6H,5H2,1-2H3,(H,11,12). The van der Waals surface area contributed by atoms with Crippen LogP contribution in [-0.2, 0) is 4.74 Å². The Balaban J connectivity index is 2.53. The van der Waals surface area contributed by atoms with Crippen LogP contribution in [0.25, 0.3) is 0 Å². The molecule has 1 rings (SSSR count). The molecule has 72 valence electrons. The lowest BCUT2D eigenvalue weighted by Gasteiger charge is -2.12. The minimum atomic E-state index is 0.192. The van der Waals surface area contributed by atoms with Crippen LogP contribution in [0.5, 0.6) is 0 Å². The van der Waals surface area contributed by atoms with Crippen molar-refractivity contribution in [3.63, 3.8) is 0 Å². The van der Waals surface area contributed by atoms with E-state index in [1.165, 1.54) is 6.20 Å². The van der Waals surface area contributed by atoms with Gasteiger partial charge in [-0.1, -0.05) is 11.6 Å². The normalized spacial score (nSPS) is 12.5. The van der Waals surface area contributed by atoms with Crippen molar-refractivity contribution in [2.45, 2.75) is 13.0 Å². The topological polar surface area (TPSA) is 47.0 Å². The van der Waals surface area contributed by atoms with Gasteiger partial charge in [0.05, 0.1) is 19.0 Å². The van der Waals surface area contributed by atoms with Crippen molar-refractivity contribution in [3.05, 3.63) is 17.5 Å². The third-order valence-corrected chi connectivity index (χ3v) is 1.60. The van der Waals surface area contributed by atoms with Gasteiger partial charge < -0.3 is 10.1 Å². The zero-order valence-electron chi connectivity index (χ0n) is 7.62. The molecule has 0 spiro atoms. The molecule has 13 heavy (non-hydrogen) atoms. The molecule has 1 atom stereocenters. The Morgan fingerprint density at radius 1 is 1.62 bits per heavy atom. The van der Waals surface area contributed by atoms with E-state index in [1.54, 1.807) is 13.3 Å². The van der Waals surface area contributed by atoms with E-state index in [-0.39, 0.29) is 6.04 Å². The second-order valence-corrected chi connectivity index (χ2v) is 3.12. The van der Waals surface area contributed by atoms with E-state index < -0.39 is 0 Å². The molecule has 5 heteroatoms. The molecule has 1 unspecified atom stereocenters. The van der Waals surface area contributed by atoms with E-state index >= 15 is 0 Å². The van der Waals surface area contributed by atoms with Crippen LogP contribution in [0.3, 0.4) is 0 Å². The number of hydrogen-bond acceptors (Lipinski definition) is 4. The summed E-state index contributed by atoms with van der Waals surface area (Å²) in [7, 11) is 1.65. The zero-order valence-corrected chi connectivity index (χ0v) is 8.38. The van der Waals surface area contributed by atoms with Gasteiger partial charge >= 0.3 is 0 Å². The lowest BCUT2D eigenvalue weighted by atomic mass is 10.3. The van der Waals surface area contributed by atoms with Crippen LogP contribution >= 0.6 is 11.6 Å². The SMILES string of the molecule is COCC(C)Nc1cncc(Cl)n1. The second-order valence-electron chi connectivity index (χ2n) is 2.73. The molecule has 1 N–H and O–H groups in total. The smallest absolute Gasteiger partial charge is 0.149 e. The quantitative estimate of drug-likeness (QED) is 0.804. The van der Waals surface area contributed by atoms with E-state index in [9.17, 15) is 0 Å². The van der Waals surface area contributed by atoms with E-state index in [1.807, 2.05) is 6.92 Å². The molecule has 0 aliphatic rings. The first-order chi connectivity index (χ1) is 6.22. The summed E-state index contributed by atoms with van der Waals surface area (Å²) in [6.07, 6.45) is 3.12. The molecule has 0 amide bonds. The highest BCUT2D eigenvalue weighted by atomic mass is 35.5. The number of hydrogen-bond donors (Lipinski definition) is 1. The first kappa shape index (κ1) is 10.2. The molecule has 1 aromatic heterocycles. The van der Waals surface area contributed by atoms with E-state index in [2.05, 4.69) is 15.3 Å². The molecule has 1 heterocycles. The van der Waals surface area contributed by atoms with Crippen LogP contribution in [0.2, 0.25) is 5.15 Å². The molecule has 0 saturated heterocycles. The van der Waals surface area contributed by atoms with E-state index in [0.717, 1.165) is 0 Å². The van der Waals surface area contributed by atoms with Crippen molar-refractivity contribution in [3.8, 4) is 0 Å². The van der Waals surface area contributed by atoms with Crippen molar-refractivity contribution in [1.82, 2.24) is 9.97 Å². The number of methoxy groups -OCH3 is 1. The Bertz CT molecular complexity index is 269. The Kier molecular flexibility index (Phi) is 3.92. The summed E-state index contributed by atoms with van der Waals surface area (Å²) in [5.41, 5.74) is 0. The Morgan fingerprint density at radius 3 is 3.00 bits per heavy atom. The summed E-state index contributed by atoms with van der Waals surface area (Å²) < 4.78 is 4.96. The number of rotatable bonds is 4.